The average molecular weight is 208 g/mol. The molecule has 1 rings (SSSR count). The topological polar surface area (TPSA) is 63.6 Å². The third kappa shape index (κ3) is 3.09. The van der Waals surface area contributed by atoms with Crippen LogP contribution in [-0.2, 0) is 16.0 Å². The molecule has 4 nitrogen and oxygen atoms in total. The molecule has 15 heavy (non-hydrogen) atoms. The predicted molar refractivity (Wildman–Crippen MR) is 53.7 cm³/mol. The fourth-order valence-electron chi connectivity index (χ4n) is 1.29. The average Bonchev–Trinajstić information content (AvgIpc) is 2.25. The molecule has 0 radical (unpaired) electrons. The number of aryl methyl sites for hydroxylation is 1. The Balaban J connectivity index is 2.86. The molecule has 80 valence electrons. The lowest BCUT2D eigenvalue weighted by Gasteiger charge is -2.05. The fraction of sp³-hybridized carbons (Fsp3) is 0.273. The van der Waals surface area contributed by atoms with Gasteiger partial charge in [-0.05, 0) is 18.1 Å². The van der Waals surface area contributed by atoms with Crippen molar-refractivity contribution >= 4 is 11.9 Å². The number of aliphatic carboxylic acids is 1. The minimum absolute atomic E-state index is 0.00794. The monoisotopic (exact) mass is 208 g/mol. The van der Waals surface area contributed by atoms with Gasteiger partial charge in [-0.2, -0.15) is 0 Å². The number of carboxylic acid groups (broad SMARTS) is 1. The molecule has 0 aliphatic heterocycles. The molecular weight excluding hydrogens is 196 g/mol. The molecule has 0 unspecified atom stereocenters. The first-order valence-electron chi connectivity index (χ1n) is 4.53. The molecule has 0 saturated carbocycles. The second-order valence-corrected chi connectivity index (χ2v) is 3.04. The van der Waals surface area contributed by atoms with Crippen LogP contribution in [0.2, 0.25) is 0 Å². The van der Waals surface area contributed by atoms with Crippen molar-refractivity contribution in [2.24, 2.45) is 0 Å². The number of ether oxygens (including phenoxy) is 1. The van der Waals surface area contributed by atoms with Crippen molar-refractivity contribution in [2.45, 2.75) is 12.8 Å². The Morgan fingerprint density at radius 3 is 2.60 bits per heavy atom. The number of benzene rings is 1. The van der Waals surface area contributed by atoms with Gasteiger partial charge in [0.25, 0.3) is 0 Å². The van der Waals surface area contributed by atoms with Crippen molar-refractivity contribution in [1.29, 1.82) is 0 Å². The van der Waals surface area contributed by atoms with E-state index in [9.17, 15) is 9.59 Å². The fourth-order valence-corrected chi connectivity index (χ4v) is 1.29. The quantitative estimate of drug-likeness (QED) is 0.761. The Hall–Kier alpha value is -1.84. The molecule has 0 aliphatic rings. The highest BCUT2D eigenvalue weighted by molar-refractivity contribution is 5.91. The third-order valence-electron chi connectivity index (χ3n) is 2.03. The van der Waals surface area contributed by atoms with Gasteiger partial charge in [0.2, 0.25) is 0 Å². The number of carbonyl (C=O) groups is 2. The maximum Gasteiger partial charge on any atom is 0.338 e. The van der Waals surface area contributed by atoms with Crippen molar-refractivity contribution in [1.82, 2.24) is 0 Å². The zero-order valence-corrected chi connectivity index (χ0v) is 8.40. The molecule has 0 amide bonds. The predicted octanol–water partition coefficient (Wildman–Crippen LogP) is 1.49. The molecule has 0 fully saturated rings. The minimum Gasteiger partial charge on any atom is -0.481 e. The van der Waals surface area contributed by atoms with E-state index in [-0.39, 0.29) is 6.42 Å². The van der Waals surface area contributed by atoms with E-state index in [1.165, 1.54) is 7.11 Å². The van der Waals surface area contributed by atoms with Crippen molar-refractivity contribution in [3.05, 3.63) is 35.4 Å². The zero-order valence-electron chi connectivity index (χ0n) is 8.40. The van der Waals surface area contributed by atoms with E-state index in [1.807, 2.05) is 0 Å². The van der Waals surface area contributed by atoms with Gasteiger partial charge in [-0.1, -0.05) is 18.2 Å². The molecule has 0 aromatic heterocycles. The Bertz CT molecular complexity index is 371. The van der Waals surface area contributed by atoms with Crippen LogP contribution < -0.4 is 0 Å². The second kappa shape index (κ2) is 5.14. The number of carboxylic acids is 1. The summed E-state index contributed by atoms with van der Waals surface area (Å²) in [7, 11) is 1.30. The molecule has 4 heteroatoms. The van der Waals surface area contributed by atoms with Gasteiger partial charge in [0, 0.05) is 6.42 Å². The number of carbonyl (C=O) groups excluding carboxylic acids is 1. The lowest BCUT2D eigenvalue weighted by Crippen LogP contribution is -2.07. The number of rotatable bonds is 4. The summed E-state index contributed by atoms with van der Waals surface area (Å²) < 4.78 is 4.60. The van der Waals surface area contributed by atoms with Gasteiger partial charge in [0.15, 0.2) is 0 Å². The lowest BCUT2D eigenvalue weighted by atomic mass is 10.0. The second-order valence-electron chi connectivity index (χ2n) is 3.04. The molecule has 0 spiro atoms. The van der Waals surface area contributed by atoms with Crippen LogP contribution in [-0.4, -0.2) is 24.2 Å². The number of hydrogen-bond donors (Lipinski definition) is 1. The van der Waals surface area contributed by atoms with Crippen LogP contribution in [0.15, 0.2) is 24.3 Å². The zero-order chi connectivity index (χ0) is 11.3. The van der Waals surface area contributed by atoms with Gasteiger partial charge in [0.1, 0.15) is 0 Å². The van der Waals surface area contributed by atoms with Gasteiger partial charge >= 0.3 is 11.9 Å². The maximum atomic E-state index is 11.3. The smallest absolute Gasteiger partial charge is 0.338 e. The summed E-state index contributed by atoms with van der Waals surface area (Å²) in [5.41, 5.74) is 1.13. The summed E-state index contributed by atoms with van der Waals surface area (Å²) in [4.78, 5) is 21.7. The van der Waals surface area contributed by atoms with Crippen molar-refractivity contribution in [3.63, 3.8) is 0 Å². The van der Waals surface area contributed by atoms with E-state index in [1.54, 1.807) is 24.3 Å². The first kappa shape index (κ1) is 11.2. The third-order valence-corrected chi connectivity index (χ3v) is 2.03. The SMILES string of the molecule is COC(=O)c1ccccc1CCC(=O)O. The van der Waals surface area contributed by atoms with E-state index in [4.69, 9.17) is 5.11 Å². The first-order chi connectivity index (χ1) is 7.15. The van der Waals surface area contributed by atoms with Crippen LogP contribution in [0, 0.1) is 0 Å². The van der Waals surface area contributed by atoms with Gasteiger partial charge in [-0.15, -0.1) is 0 Å². The number of hydrogen-bond acceptors (Lipinski definition) is 3. The van der Waals surface area contributed by atoms with E-state index in [0.717, 1.165) is 0 Å². The summed E-state index contributed by atoms with van der Waals surface area (Å²) in [6, 6.07) is 6.85. The summed E-state index contributed by atoms with van der Waals surface area (Å²) >= 11 is 0. The summed E-state index contributed by atoms with van der Waals surface area (Å²) in [5.74, 6) is -1.31. The van der Waals surface area contributed by atoms with Crippen molar-refractivity contribution < 1.29 is 19.4 Å². The van der Waals surface area contributed by atoms with Crippen LogP contribution in [0.1, 0.15) is 22.3 Å². The molecule has 1 aromatic rings. The molecule has 1 aromatic carbocycles. The van der Waals surface area contributed by atoms with Crippen LogP contribution in [0.25, 0.3) is 0 Å². The summed E-state index contributed by atoms with van der Waals surface area (Å²) in [6.07, 6.45) is 0.342. The first-order valence-corrected chi connectivity index (χ1v) is 4.53. The van der Waals surface area contributed by atoms with Crippen LogP contribution in [0.5, 0.6) is 0 Å². The van der Waals surface area contributed by atoms with E-state index in [0.29, 0.717) is 17.5 Å². The molecule has 0 aliphatic carbocycles. The standard InChI is InChI=1S/C11H12O4/c1-15-11(14)9-5-3-2-4-8(9)6-7-10(12)13/h2-5H,6-7H2,1H3,(H,12,13). The number of esters is 1. The highest BCUT2D eigenvalue weighted by Gasteiger charge is 2.11. The van der Waals surface area contributed by atoms with Crippen molar-refractivity contribution in [2.75, 3.05) is 7.11 Å². The van der Waals surface area contributed by atoms with E-state index >= 15 is 0 Å². The Kier molecular flexibility index (Phi) is 3.85. The van der Waals surface area contributed by atoms with Gasteiger partial charge in [0.05, 0.1) is 12.7 Å². The van der Waals surface area contributed by atoms with Gasteiger partial charge in [-0.3, -0.25) is 4.79 Å². The largest absolute Gasteiger partial charge is 0.481 e. The Morgan fingerprint density at radius 2 is 2.00 bits per heavy atom. The van der Waals surface area contributed by atoms with E-state index < -0.39 is 11.9 Å². The minimum atomic E-state index is -0.880. The molecule has 0 atom stereocenters. The summed E-state index contributed by atoms with van der Waals surface area (Å²) in [6.45, 7) is 0. The lowest BCUT2D eigenvalue weighted by molar-refractivity contribution is -0.136. The number of methoxy groups -OCH3 is 1. The maximum absolute atomic E-state index is 11.3. The molecule has 0 heterocycles. The Labute approximate surface area is 87.5 Å². The van der Waals surface area contributed by atoms with Gasteiger partial charge < -0.3 is 9.84 Å². The molecule has 1 N–H and O–H groups in total. The van der Waals surface area contributed by atoms with Crippen LogP contribution in [0.3, 0.4) is 0 Å². The highest BCUT2D eigenvalue weighted by Crippen LogP contribution is 2.12. The highest BCUT2D eigenvalue weighted by atomic mass is 16.5. The van der Waals surface area contributed by atoms with E-state index in [2.05, 4.69) is 4.74 Å². The van der Waals surface area contributed by atoms with Crippen LogP contribution in [0.4, 0.5) is 0 Å². The Morgan fingerprint density at radius 1 is 1.33 bits per heavy atom. The van der Waals surface area contributed by atoms with Crippen LogP contribution >= 0.6 is 0 Å². The molecule has 0 saturated heterocycles. The summed E-state index contributed by atoms with van der Waals surface area (Å²) in [5, 5.41) is 8.55. The van der Waals surface area contributed by atoms with Gasteiger partial charge in [-0.25, -0.2) is 4.79 Å². The molecule has 0 bridgehead atoms. The van der Waals surface area contributed by atoms with Crippen molar-refractivity contribution in [3.8, 4) is 0 Å². The normalized spacial score (nSPS) is 9.67. The molecular formula is C11H12O4.